The average Bonchev–Trinajstić information content (AvgIpc) is 3.18. The van der Waals surface area contributed by atoms with Crippen LogP contribution in [0.25, 0.3) is 11.3 Å². The first-order chi connectivity index (χ1) is 11.2. The van der Waals surface area contributed by atoms with Crippen LogP contribution in [0.5, 0.6) is 0 Å². The number of anilines is 1. The largest absolute Gasteiger partial charge is 0.355 e. The van der Waals surface area contributed by atoms with Crippen molar-refractivity contribution < 1.29 is 9.32 Å². The summed E-state index contributed by atoms with van der Waals surface area (Å²) in [5.74, 6) is 1.00. The highest BCUT2D eigenvalue weighted by atomic mass is 35.5. The highest BCUT2D eigenvalue weighted by Crippen LogP contribution is 2.26. The van der Waals surface area contributed by atoms with E-state index in [0.717, 1.165) is 15.7 Å². The van der Waals surface area contributed by atoms with E-state index in [1.54, 1.807) is 42.1 Å². The van der Waals surface area contributed by atoms with E-state index < -0.39 is 5.91 Å². The van der Waals surface area contributed by atoms with Gasteiger partial charge in [0.2, 0.25) is 5.13 Å². The lowest BCUT2D eigenvalue weighted by atomic mass is 10.1. The Morgan fingerprint density at radius 2 is 2.13 bits per heavy atom. The zero-order valence-electron chi connectivity index (χ0n) is 11.9. The molecule has 118 valence electrons. The van der Waals surface area contributed by atoms with Crippen LogP contribution in [0.3, 0.4) is 0 Å². The van der Waals surface area contributed by atoms with Crippen LogP contribution in [0.2, 0.25) is 5.02 Å². The van der Waals surface area contributed by atoms with Crippen LogP contribution in [-0.2, 0) is 0 Å². The van der Waals surface area contributed by atoms with Crippen molar-refractivity contribution in [2.24, 2.45) is 0 Å². The lowest BCUT2D eigenvalue weighted by Gasteiger charge is -1.95. The number of halogens is 1. The van der Waals surface area contributed by atoms with Gasteiger partial charge in [-0.25, -0.2) is 0 Å². The van der Waals surface area contributed by atoms with Crippen LogP contribution < -0.4 is 5.32 Å². The molecular formula is C14H11ClN4O2S2. The first kappa shape index (κ1) is 16.0. The fraction of sp³-hybridized carbons (Fsp3) is 0.143. The maximum atomic E-state index is 12.2. The maximum Gasteiger partial charge on any atom is 0.279 e. The molecule has 0 fully saturated rings. The predicted octanol–water partition coefficient (Wildman–Crippen LogP) is 4.21. The average molecular weight is 367 g/mol. The number of aromatic nitrogens is 3. The monoisotopic (exact) mass is 366 g/mol. The molecule has 0 aliphatic heterocycles. The molecule has 3 rings (SSSR count). The van der Waals surface area contributed by atoms with Crippen LogP contribution in [0, 0.1) is 0 Å². The third kappa shape index (κ3) is 3.90. The highest BCUT2D eigenvalue weighted by molar-refractivity contribution is 8.01. The Morgan fingerprint density at radius 1 is 1.35 bits per heavy atom. The van der Waals surface area contributed by atoms with Crippen LogP contribution >= 0.6 is 34.7 Å². The molecule has 1 aromatic carbocycles. The quantitative estimate of drug-likeness (QED) is 0.538. The van der Waals surface area contributed by atoms with Crippen LogP contribution in [0.4, 0.5) is 5.13 Å². The molecule has 0 bridgehead atoms. The molecule has 0 unspecified atom stereocenters. The van der Waals surface area contributed by atoms with E-state index in [2.05, 4.69) is 20.7 Å². The molecule has 23 heavy (non-hydrogen) atoms. The fourth-order valence-corrected chi connectivity index (χ4v) is 3.51. The molecule has 0 spiro atoms. The molecule has 0 saturated carbocycles. The molecule has 9 heteroatoms. The molecule has 3 aromatic rings. The Morgan fingerprint density at radius 3 is 2.87 bits per heavy atom. The second-order valence-electron chi connectivity index (χ2n) is 4.34. The van der Waals surface area contributed by atoms with Crippen molar-refractivity contribution in [2.75, 3.05) is 11.1 Å². The maximum absolute atomic E-state index is 12.2. The van der Waals surface area contributed by atoms with Gasteiger partial charge in [-0.2, -0.15) is 0 Å². The van der Waals surface area contributed by atoms with Gasteiger partial charge in [0, 0.05) is 16.7 Å². The number of benzene rings is 1. The number of hydrogen-bond donors (Lipinski definition) is 1. The zero-order chi connectivity index (χ0) is 16.2. The van der Waals surface area contributed by atoms with E-state index in [4.69, 9.17) is 16.1 Å². The van der Waals surface area contributed by atoms with Crippen LogP contribution in [-0.4, -0.2) is 27.0 Å². The van der Waals surface area contributed by atoms with Crippen molar-refractivity contribution in [1.82, 2.24) is 15.4 Å². The summed E-state index contributed by atoms with van der Waals surface area (Å²) in [7, 11) is 0. The van der Waals surface area contributed by atoms with Crippen molar-refractivity contribution in [2.45, 2.75) is 11.3 Å². The Labute approximate surface area is 145 Å². The van der Waals surface area contributed by atoms with Crippen LogP contribution in [0.15, 0.2) is 39.2 Å². The van der Waals surface area contributed by atoms with Crippen molar-refractivity contribution in [3.8, 4) is 11.3 Å². The van der Waals surface area contributed by atoms with Crippen LogP contribution in [0.1, 0.15) is 17.4 Å². The molecule has 1 amide bonds. The number of carbonyl (C=O) groups is 1. The standard InChI is InChI=1S/C14H11ClN4O2S2/c1-2-22-14-18-17-13(23-14)16-12(20)10-7-11(21-19-10)8-3-5-9(15)6-4-8/h3-7H,2H2,1H3,(H,16,17,20). The summed E-state index contributed by atoms with van der Waals surface area (Å²) in [6, 6.07) is 8.65. The number of carbonyl (C=O) groups excluding carboxylic acids is 1. The summed E-state index contributed by atoms with van der Waals surface area (Å²) in [5.41, 5.74) is 0.966. The van der Waals surface area contributed by atoms with E-state index in [-0.39, 0.29) is 5.69 Å². The van der Waals surface area contributed by atoms with Gasteiger partial charge < -0.3 is 4.52 Å². The van der Waals surface area contributed by atoms with Gasteiger partial charge in [-0.1, -0.05) is 46.8 Å². The van der Waals surface area contributed by atoms with Gasteiger partial charge in [0.25, 0.3) is 5.91 Å². The normalized spacial score (nSPS) is 10.7. The number of amides is 1. The molecule has 2 aromatic heterocycles. The highest BCUT2D eigenvalue weighted by Gasteiger charge is 2.16. The van der Waals surface area contributed by atoms with E-state index in [1.165, 1.54) is 11.3 Å². The molecular weight excluding hydrogens is 356 g/mol. The summed E-state index contributed by atoms with van der Waals surface area (Å²) in [4.78, 5) is 12.2. The molecule has 0 atom stereocenters. The van der Waals surface area contributed by atoms with Gasteiger partial charge in [0.1, 0.15) is 0 Å². The third-order valence-corrected chi connectivity index (χ3v) is 4.87. The second-order valence-corrected chi connectivity index (χ2v) is 7.27. The topological polar surface area (TPSA) is 80.9 Å². The third-order valence-electron chi connectivity index (χ3n) is 2.77. The van der Waals surface area contributed by atoms with E-state index >= 15 is 0 Å². The Balaban J connectivity index is 1.71. The molecule has 1 N–H and O–H groups in total. The van der Waals surface area contributed by atoms with Gasteiger partial charge in [-0.3, -0.25) is 10.1 Å². The van der Waals surface area contributed by atoms with Crippen molar-refractivity contribution in [3.63, 3.8) is 0 Å². The minimum Gasteiger partial charge on any atom is -0.355 e. The smallest absolute Gasteiger partial charge is 0.279 e. The Bertz CT molecular complexity index is 816. The Kier molecular flexibility index (Phi) is 4.94. The molecule has 0 aliphatic carbocycles. The Hall–Kier alpha value is -1.90. The van der Waals surface area contributed by atoms with Gasteiger partial charge in [-0.15, -0.1) is 10.2 Å². The van der Waals surface area contributed by atoms with Crippen molar-refractivity contribution in [1.29, 1.82) is 0 Å². The molecule has 0 saturated heterocycles. The summed E-state index contributed by atoms with van der Waals surface area (Å²) in [6.45, 7) is 2.03. The predicted molar refractivity (Wildman–Crippen MR) is 91.2 cm³/mol. The lowest BCUT2D eigenvalue weighted by Crippen LogP contribution is -2.11. The zero-order valence-corrected chi connectivity index (χ0v) is 14.3. The minimum absolute atomic E-state index is 0.176. The number of nitrogens with one attached hydrogen (secondary N) is 1. The second kappa shape index (κ2) is 7.12. The van der Waals surface area contributed by atoms with Gasteiger partial charge >= 0.3 is 0 Å². The fourth-order valence-electron chi connectivity index (χ4n) is 1.74. The van der Waals surface area contributed by atoms with Gasteiger partial charge in [-0.05, 0) is 30.0 Å². The van der Waals surface area contributed by atoms with Gasteiger partial charge in [0.15, 0.2) is 15.8 Å². The minimum atomic E-state index is -0.391. The molecule has 2 heterocycles. The van der Waals surface area contributed by atoms with Crippen molar-refractivity contribution >= 4 is 45.7 Å². The van der Waals surface area contributed by atoms with E-state index in [0.29, 0.717) is 15.9 Å². The molecule has 0 radical (unpaired) electrons. The number of thioether (sulfide) groups is 1. The van der Waals surface area contributed by atoms with Gasteiger partial charge in [0.05, 0.1) is 0 Å². The summed E-state index contributed by atoms with van der Waals surface area (Å²) >= 11 is 8.74. The number of rotatable bonds is 5. The number of hydrogen-bond acceptors (Lipinski definition) is 7. The first-order valence-electron chi connectivity index (χ1n) is 6.66. The summed E-state index contributed by atoms with van der Waals surface area (Å²) < 4.78 is 6.01. The summed E-state index contributed by atoms with van der Waals surface area (Å²) in [5, 5.41) is 15.4. The SMILES string of the molecule is CCSc1nnc(NC(=O)c2cc(-c3ccc(Cl)cc3)on2)s1. The van der Waals surface area contributed by atoms with E-state index in [1.807, 2.05) is 6.92 Å². The molecule has 0 aliphatic rings. The first-order valence-corrected chi connectivity index (χ1v) is 8.84. The summed E-state index contributed by atoms with van der Waals surface area (Å²) in [6.07, 6.45) is 0. The number of nitrogens with zero attached hydrogens (tertiary/aromatic N) is 3. The lowest BCUT2D eigenvalue weighted by molar-refractivity contribution is 0.101. The molecule has 6 nitrogen and oxygen atoms in total. The van der Waals surface area contributed by atoms with Crippen molar-refractivity contribution in [3.05, 3.63) is 41.0 Å². The van der Waals surface area contributed by atoms with E-state index in [9.17, 15) is 4.79 Å².